The Balaban J connectivity index is 1.51. The third-order valence-electron chi connectivity index (χ3n) is 5.29. The van der Waals surface area contributed by atoms with Crippen LogP contribution < -0.4 is 5.69 Å². The van der Waals surface area contributed by atoms with Crippen LogP contribution in [0.15, 0.2) is 40.3 Å². The van der Waals surface area contributed by atoms with Crippen LogP contribution in [0, 0.1) is 19.7 Å². The molecule has 158 valence electrons. The predicted octanol–water partition coefficient (Wildman–Crippen LogP) is 3.27. The molecule has 0 saturated carbocycles. The van der Waals surface area contributed by atoms with Crippen molar-refractivity contribution in [3.8, 4) is 5.69 Å². The Hall–Kier alpha value is -2.65. The van der Waals surface area contributed by atoms with Crippen LogP contribution >= 0.6 is 11.8 Å². The molecular formula is C21H23FN4O3S. The molecule has 1 unspecified atom stereocenters. The summed E-state index contributed by atoms with van der Waals surface area (Å²) < 4.78 is 23.1. The quantitative estimate of drug-likeness (QED) is 0.460. The number of ether oxygens (including phenoxy) is 1. The third-order valence-corrected chi connectivity index (χ3v) is 6.27. The number of nitrogens with zero attached hydrogens (tertiary/aromatic N) is 3. The van der Waals surface area contributed by atoms with Crippen LogP contribution in [0.2, 0.25) is 0 Å². The number of nitrogens with one attached hydrogen (secondary N) is 1. The average Bonchev–Trinajstić information content (AvgIpc) is 3.43. The Bertz CT molecular complexity index is 1130. The van der Waals surface area contributed by atoms with Gasteiger partial charge in [-0.1, -0.05) is 23.9 Å². The summed E-state index contributed by atoms with van der Waals surface area (Å²) in [6.45, 7) is 4.78. The molecule has 4 rings (SSSR count). The highest BCUT2D eigenvalue weighted by Crippen LogP contribution is 2.25. The fraction of sp³-hybridized carbons (Fsp3) is 0.381. The number of ketones is 1. The van der Waals surface area contributed by atoms with Gasteiger partial charge in [-0.15, -0.1) is 5.10 Å². The molecule has 1 atom stereocenters. The van der Waals surface area contributed by atoms with E-state index in [1.165, 1.54) is 22.4 Å². The number of aromatic amines is 1. The highest BCUT2D eigenvalue weighted by molar-refractivity contribution is 7.99. The van der Waals surface area contributed by atoms with Gasteiger partial charge in [0.1, 0.15) is 5.82 Å². The number of rotatable bonds is 7. The number of halogens is 1. The lowest BCUT2D eigenvalue weighted by atomic mass is 10.2. The molecular weight excluding hydrogens is 407 g/mol. The summed E-state index contributed by atoms with van der Waals surface area (Å²) in [6, 6.07) is 8.26. The molecule has 0 bridgehead atoms. The number of benzene rings is 1. The van der Waals surface area contributed by atoms with Gasteiger partial charge in [0.2, 0.25) is 0 Å². The molecule has 1 fully saturated rings. The van der Waals surface area contributed by atoms with E-state index >= 15 is 0 Å². The number of hydrogen-bond acceptors (Lipinski definition) is 5. The molecule has 1 aromatic carbocycles. The Kier molecular flexibility index (Phi) is 5.92. The molecule has 0 radical (unpaired) electrons. The van der Waals surface area contributed by atoms with Gasteiger partial charge in [0.05, 0.1) is 24.1 Å². The van der Waals surface area contributed by atoms with Gasteiger partial charge in [0.25, 0.3) is 0 Å². The van der Waals surface area contributed by atoms with Crippen LogP contribution in [0.25, 0.3) is 5.69 Å². The van der Waals surface area contributed by atoms with E-state index in [9.17, 15) is 14.0 Å². The zero-order valence-corrected chi connectivity index (χ0v) is 17.7. The van der Waals surface area contributed by atoms with Crippen molar-refractivity contribution in [1.82, 2.24) is 19.3 Å². The minimum Gasteiger partial charge on any atom is -0.376 e. The fourth-order valence-electron chi connectivity index (χ4n) is 3.82. The summed E-state index contributed by atoms with van der Waals surface area (Å²) in [4.78, 5) is 25.0. The third kappa shape index (κ3) is 3.99. The van der Waals surface area contributed by atoms with Gasteiger partial charge in [0.15, 0.2) is 10.9 Å². The van der Waals surface area contributed by atoms with Crippen molar-refractivity contribution in [2.45, 2.75) is 44.5 Å². The molecule has 3 heterocycles. The number of thioether (sulfide) groups is 1. The van der Waals surface area contributed by atoms with Crippen LogP contribution in [0.4, 0.5) is 4.39 Å². The van der Waals surface area contributed by atoms with E-state index < -0.39 is 0 Å². The molecule has 0 amide bonds. The van der Waals surface area contributed by atoms with Crippen LogP contribution in [-0.4, -0.2) is 43.6 Å². The largest absolute Gasteiger partial charge is 0.376 e. The van der Waals surface area contributed by atoms with Crippen molar-refractivity contribution in [2.75, 3.05) is 12.4 Å². The number of carbonyl (C=O) groups excluding carboxylic acids is 1. The molecule has 30 heavy (non-hydrogen) atoms. The lowest BCUT2D eigenvalue weighted by Crippen LogP contribution is -2.25. The maximum Gasteiger partial charge on any atom is 0.344 e. The SMILES string of the molecule is Cc1cc(C(=O)CSc2n[nH]c(=O)n2CC2CCCO2)c(C)n1-c1ccccc1F. The lowest BCUT2D eigenvalue weighted by Gasteiger charge is -2.11. The maximum absolute atomic E-state index is 14.3. The van der Waals surface area contributed by atoms with E-state index in [0.717, 1.165) is 18.5 Å². The summed E-state index contributed by atoms with van der Waals surface area (Å²) in [7, 11) is 0. The van der Waals surface area contributed by atoms with Gasteiger partial charge in [-0.05, 0) is 44.9 Å². The zero-order chi connectivity index (χ0) is 21.3. The van der Waals surface area contributed by atoms with Crippen LogP contribution in [0.1, 0.15) is 34.6 Å². The minimum absolute atomic E-state index is 0.00459. The highest BCUT2D eigenvalue weighted by Gasteiger charge is 2.22. The van der Waals surface area contributed by atoms with E-state index in [-0.39, 0.29) is 29.1 Å². The topological polar surface area (TPSA) is 81.9 Å². The minimum atomic E-state index is -0.345. The van der Waals surface area contributed by atoms with Crippen molar-refractivity contribution in [3.63, 3.8) is 0 Å². The summed E-state index contributed by atoms with van der Waals surface area (Å²) in [5, 5.41) is 6.97. The Morgan fingerprint density at radius 1 is 1.37 bits per heavy atom. The summed E-state index contributed by atoms with van der Waals surface area (Å²) in [6.07, 6.45) is 1.88. The molecule has 3 aromatic rings. The van der Waals surface area contributed by atoms with E-state index in [1.54, 1.807) is 35.8 Å². The molecule has 0 aliphatic carbocycles. The van der Waals surface area contributed by atoms with Gasteiger partial charge in [-0.3, -0.25) is 9.36 Å². The standard InChI is InChI=1S/C21H23FN4O3S/c1-13-10-16(14(2)26(13)18-8-4-3-7-17(18)22)19(27)12-30-21-24-23-20(28)25(21)11-15-6-5-9-29-15/h3-4,7-8,10,15H,5-6,9,11-12H2,1-2H3,(H,23,28). The van der Waals surface area contributed by atoms with Gasteiger partial charge in [-0.2, -0.15) is 0 Å². The van der Waals surface area contributed by atoms with Gasteiger partial charge < -0.3 is 9.30 Å². The second-order valence-corrected chi connectivity index (χ2v) is 8.28. The number of H-pyrrole nitrogens is 1. The summed E-state index contributed by atoms with van der Waals surface area (Å²) in [5.74, 6) is -0.325. The van der Waals surface area contributed by atoms with Crippen molar-refractivity contribution < 1.29 is 13.9 Å². The lowest BCUT2D eigenvalue weighted by molar-refractivity contribution is 0.0941. The van der Waals surface area contributed by atoms with Crippen LogP contribution in [0.5, 0.6) is 0 Å². The van der Waals surface area contributed by atoms with E-state index in [2.05, 4.69) is 10.2 Å². The fourth-order valence-corrected chi connectivity index (χ4v) is 4.66. The van der Waals surface area contributed by atoms with E-state index in [1.807, 2.05) is 6.92 Å². The van der Waals surface area contributed by atoms with E-state index in [4.69, 9.17) is 4.74 Å². The van der Waals surface area contributed by atoms with E-state index in [0.29, 0.717) is 35.3 Å². The molecule has 0 spiro atoms. The molecule has 1 aliphatic rings. The van der Waals surface area contributed by atoms with Crippen molar-refractivity contribution in [1.29, 1.82) is 0 Å². The van der Waals surface area contributed by atoms with Gasteiger partial charge in [0, 0.05) is 23.6 Å². The first-order chi connectivity index (χ1) is 14.5. The number of aryl methyl sites for hydroxylation is 1. The molecule has 1 N–H and O–H groups in total. The Labute approximate surface area is 177 Å². The molecule has 2 aromatic heterocycles. The first-order valence-corrected chi connectivity index (χ1v) is 10.8. The first-order valence-electron chi connectivity index (χ1n) is 9.82. The van der Waals surface area contributed by atoms with Gasteiger partial charge >= 0.3 is 5.69 Å². The average molecular weight is 431 g/mol. The van der Waals surface area contributed by atoms with Crippen molar-refractivity contribution in [2.24, 2.45) is 0 Å². The van der Waals surface area contributed by atoms with Crippen molar-refractivity contribution in [3.05, 3.63) is 63.6 Å². The molecule has 7 nitrogen and oxygen atoms in total. The maximum atomic E-state index is 14.3. The number of aromatic nitrogens is 4. The molecule has 1 aliphatic heterocycles. The zero-order valence-electron chi connectivity index (χ0n) is 16.9. The number of carbonyl (C=O) groups is 1. The van der Waals surface area contributed by atoms with Crippen molar-refractivity contribution >= 4 is 17.5 Å². The van der Waals surface area contributed by atoms with Gasteiger partial charge in [-0.25, -0.2) is 14.3 Å². The number of Topliss-reactive ketones (excluding diaryl/α,β-unsaturated/α-hetero) is 1. The summed E-state index contributed by atoms with van der Waals surface area (Å²) >= 11 is 1.21. The predicted molar refractivity (Wildman–Crippen MR) is 112 cm³/mol. The summed E-state index contributed by atoms with van der Waals surface area (Å²) in [5.41, 5.74) is 2.10. The number of hydrogen-bond donors (Lipinski definition) is 1. The van der Waals surface area contributed by atoms with Crippen LogP contribution in [0.3, 0.4) is 0 Å². The molecule has 1 saturated heterocycles. The molecule has 9 heteroatoms. The smallest absolute Gasteiger partial charge is 0.344 e. The second-order valence-electron chi connectivity index (χ2n) is 7.34. The monoisotopic (exact) mass is 430 g/mol. The first kappa shape index (κ1) is 20.6. The highest BCUT2D eigenvalue weighted by atomic mass is 32.2. The second kappa shape index (κ2) is 8.61. The normalized spacial score (nSPS) is 16.3. The Morgan fingerprint density at radius 3 is 2.90 bits per heavy atom. The number of para-hydroxylation sites is 1. The Morgan fingerprint density at radius 2 is 2.17 bits per heavy atom. The van der Waals surface area contributed by atoms with Crippen LogP contribution in [-0.2, 0) is 11.3 Å².